The summed E-state index contributed by atoms with van der Waals surface area (Å²) >= 11 is 0. The summed E-state index contributed by atoms with van der Waals surface area (Å²) in [6.45, 7) is 1.26. The summed E-state index contributed by atoms with van der Waals surface area (Å²) in [6, 6.07) is 10.5. The second kappa shape index (κ2) is 8.46. The summed E-state index contributed by atoms with van der Waals surface area (Å²) < 4.78 is 0. The van der Waals surface area contributed by atoms with Gasteiger partial charge in [0.05, 0.1) is 6.04 Å². The van der Waals surface area contributed by atoms with Gasteiger partial charge in [-0.3, -0.25) is 4.79 Å². The van der Waals surface area contributed by atoms with Crippen LogP contribution in [-0.4, -0.2) is 38.0 Å². The van der Waals surface area contributed by atoms with Crippen LogP contribution in [0.25, 0.3) is 0 Å². The van der Waals surface area contributed by atoms with Gasteiger partial charge in [0, 0.05) is 13.0 Å². The minimum Gasteiger partial charge on any atom is -0.354 e. The van der Waals surface area contributed by atoms with E-state index >= 15 is 0 Å². The van der Waals surface area contributed by atoms with Crippen LogP contribution in [0.5, 0.6) is 0 Å². The lowest BCUT2D eigenvalue weighted by Crippen LogP contribution is -2.40. The topological polar surface area (TPSA) is 58.4 Å². The van der Waals surface area contributed by atoms with Crippen LogP contribution in [0.4, 0.5) is 0 Å². The van der Waals surface area contributed by atoms with E-state index in [2.05, 4.69) is 22.3 Å². The zero-order chi connectivity index (χ0) is 16.7. The molecule has 0 aromatic heterocycles. The third kappa shape index (κ3) is 5.05. The van der Waals surface area contributed by atoms with Gasteiger partial charge in [0.25, 0.3) is 0 Å². The number of rotatable bonds is 7. The van der Waals surface area contributed by atoms with Gasteiger partial charge in [-0.15, -0.1) is 0 Å². The molecule has 1 amide bonds. The Morgan fingerprint density at radius 3 is 2.43 bits per heavy atom. The molecule has 1 fully saturated rings. The highest BCUT2D eigenvalue weighted by molar-refractivity contribution is 5.76. The van der Waals surface area contributed by atoms with E-state index in [1.165, 1.54) is 24.8 Å². The van der Waals surface area contributed by atoms with Crippen LogP contribution in [0.15, 0.2) is 30.3 Å². The van der Waals surface area contributed by atoms with Crippen molar-refractivity contribution in [2.75, 3.05) is 27.2 Å². The molecule has 1 atom stereocenters. The Morgan fingerprint density at radius 1 is 1.22 bits per heavy atom. The smallest absolute Gasteiger partial charge is 0.220 e. The van der Waals surface area contributed by atoms with Crippen molar-refractivity contribution >= 4 is 5.91 Å². The number of nitrogens with zero attached hydrogens (tertiary/aromatic N) is 1. The molecule has 1 saturated carbocycles. The fourth-order valence-corrected chi connectivity index (χ4v) is 3.64. The van der Waals surface area contributed by atoms with Crippen molar-refractivity contribution in [1.82, 2.24) is 10.2 Å². The molecule has 1 aliphatic carbocycles. The van der Waals surface area contributed by atoms with Gasteiger partial charge in [-0.25, -0.2) is 0 Å². The monoisotopic (exact) mass is 317 g/mol. The van der Waals surface area contributed by atoms with E-state index in [1.54, 1.807) is 0 Å². The molecule has 1 aromatic rings. The summed E-state index contributed by atoms with van der Waals surface area (Å²) in [4.78, 5) is 14.6. The SMILES string of the molecule is CN(C)C(CNC(=O)CC1(CN)CCCCC1)c1ccccc1. The molecule has 0 saturated heterocycles. The number of benzene rings is 1. The van der Waals surface area contributed by atoms with Gasteiger partial charge in [-0.1, -0.05) is 49.6 Å². The number of amides is 1. The maximum Gasteiger partial charge on any atom is 0.220 e. The van der Waals surface area contributed by atoms with Crippen molar-refractivity contribution in [2.45, 2.75) is 44.6 Å². The highest BCUT2D eigenvalue weighted by atomic mass is 16.1. The average molecular weight is 317 g/mol. The van der Waals surface area contributed by atoms with Crippen LogP contribution in [-0.2, 0) is 4.79 Å². The maximum atomic E-state index is 12.4. The molecule has 0 spiro atoms. The number of hydrogen-bond acceptors (Lipinski definition) is 3. The van der Waals surface area contributed by atoms with E-state index in [1.807, 2.05) is 32.3 Å². The number of carbonyl (C=O) groups excluding carboxylic acids is 1. The van der Waals surface area contributed by atoms with Gasteiger partial charge in [0.1, 0.15) is 0 Å². The van der Waals surface area contributed by atoms with Crippen molar-refractivity contribution in [3.63, 3.8) is 0 Å². The van der Waals surface area contributed by atoms with E-state index in [0.29, 0.717) is 19.5 Å². The van der Waals surface area contributed by atoms with E-state index in [0.717, 1.165) is 12.8 Å². The van der Waals surface area contributed by atoms with E-state index in [-0.39, 0.29) is 17.4 Å². The van der Waals surface area contributed by atoms with Crippen molar-refractivity contribution in [1.29, 1.82) is 0 Å². The van der Waals surface area contributed by atoms with Crippen molar-refractivity contribution in [3.05, 3.63) is 35.9 Å². The summed E-state index contributed by atoms with van der Waals surface area (Å²) in [5, 5.41) is 3.13. The van der Waals surface area contributed by atoms with Crippen molar-refractivity contribution in [2.24, 2.45) is 11.1 Å². The fraction of sp³-hybridized carbons (Fsp3) is 0.632. The molecule has 1 aliphatic rings. The highest BCUT2D eigenvalue weighted by Crippen LogP contribution is 2.38. The van der Waals surface area contributed by atoms with E-state index in [4.69, 9.17) is 5.73 Å². The Morgan fingerprint density at radius 2 is 1.87 bits per heavy atom. The number of nitrogens with one attached hydrogen (secondary N) is 1. The molecule has 1 unspecified atom stereocenters. The van der Waals surface area contributed by atoms with Gasteiger partial charge in [0.2, 0.25) is 5.91 Å². The Balaban J connectivity index is 1.91. The van der Waals surface area contributed by atoms with E-state index < -0.39 is 0 Å². The molecule has 2 rings (SSSR count). The van der Waals surface area contributed by atoms with Gasteiger partial charge < -0.3 is 16.0 Å². The number of carbonyl (C=O) groups is 1. The largest absolute Gasteiger partial charge is 0.354 e. The summed E-state index contributed by atoms with van der Waals surface area (Å²) in [7, 11) is 4.10. The summed E-state index contributed by atoms with van der Waals surface area (Å²) in [6.07, 6.45) is 6.43. The Kier molecular flexibility index (Phi) is 6.60. The lowest BCUT2D eigenvalue weighted by atomic mass is 9.71. The molecule has 0 bridgehead atoms. The van der Waals surface area contributed by atoms with Crippen molar-refractivity contribution in [3.8, 4) is 0 Å². The molecular formula is C19H31N3O. The van der Waals surface area contributed by atoms with Crippen LogP contribution >= 0.6 is 0 Å². The quantitative estimate of drug-likeness (QED) is 0.813. The second-order valence-electron chi connectivity index (χ2n) is 7.14. The van der Waals surface area contributed by atoms with Gasteiger partial charge >= 0.3 is 0 Å². The van der Waals surface area contributed by atoms with Crippen LogP contribution in [0, 0.1) is 5.41 Å². The predicted molar refractivity (Wildman–Crippen MR) is 95.1 cm³/mol. The second-order valence-corrected chi connectivity index (χ2v) is 7.14. The molecule has 0 aliphatic heterocycles. The first-order valence-corrected chi connectivity index (χ1v) is 8.74. The lowest BCUT2D eigenvalue weighted by molar-refractivity contribution is -0.124. The first-order chi connectivity index (χ1) is 11.1. The third-order valence-electron chi connectivity index (χ3n) is 5.18. The molecule has 4 heteroatoms. The van der Waals surface area contributed by atoms with Crippen LogP contribution in [0.2, 0.25) is 0 Å². The molecule has 128 valence electrons. The molecule has 23 heavy (non-hydrogen) atoms. The Bertz CT molecular complexity index is 481. The molecular weight excluding hydrogens is 286 g/mol. The Hall–Kier alpha value is -1.39. The minimum absolute atomic E-state index is 0.0304. The van der Waals surface area contributed by atoms with Crippen molar-refractivity contribution < 1.29 is 4.79 Å². The van der Waals surface area contributed by atoms with Gasteiger partial charge in [0.15, 0.2) is 0 Å². The molecule has 0 heterocycles. The standard InChI is InChI=1S/C19H31N3O/c1-22(2)17(16-9-5-3-6-10-16)14-21-18(23)13-19(15-20)11-7-4-8-12-19/h3,5-6,9-10,17H,4,7-8,11-15,20H2,1-2H3,(H,21,23). The zero-order valence-electron chi connectivity index (χ0n) is 14.6. The van der Waals surface area contributed by atoms with Gasteiger partial charge in [-0.2, -0.15) is 0 Å². The zero-order valence-corrected chi connectivity index (χ0v) is 14.6. The van der Waals surface area contributed by atoms with E-state index in [9.17, 15) is 4.79 Å². The van der Waals surface area contributed by atoms with Crippen LogP contribution < -0.4 is 11.1 Å². The predicted octanol–water partition coefficient (Wildman–Crippen LogP) is 2.70. The maximum absolute atomic E-state index is 12.4. The number of likely N-dealkylation sites (N-methyl/N-ethyl adjacent to an activating group) is 1. The number of hydrogen-bond donors (Lipinski definition) is 2. The first-order valence-electron chi connectivity index (χ1n) is 8.74. The summed E-state index contributed by atoms with van der Waals surface area (Å²) in [5.41, 5.74) is 7.25. The van der Waals surface area contributed by atoms with Gasteiger partial charge in [-0.05, 0) is 44.5 Å². The highest BCUT2D eigenvalue weighted by Gasteiger charge is 2.33. The number of nitrogens with two attached hydrogens (primary N) is 1. The molecule has 4 nitrogen and oxygen atoms in total. The average Bonchev–Trinajstić information content (AvgIpc) is 2.56. The van der Waals surface area contributed by atoms with Crippen LogP contribution in [0.3, 0.4) is 0 Å². The third-order valence-corrected chi connectivity index (χ3v) is 5.18. The minimum atomic E-state index is 0.0304. The summed E-state index contributed by atoms with van der Waals surface area (Å²) in [5.74, 6) is 0.139. The molecule has 0 radical (unpaired) electrons. The fourth-order valence-electron chi connectivity index (χ4n) is 3.64. The normalized spacial score (nSPS) is 18.6. The van der Waals surface area contributed by atoms with Crippen LogP contribution in [0.1, 0.15) is 50.1 Å². The lowest BCUT2D eigenvalue weighted by Gasteiger charge is -2.36. The molecule has 3 N–H and O–H groups in total. The first kappa shape index (κ1) is 18.0. The molecule has 1 aromatic carbocycles. The Labute approximate surface area is 140 Å².